The molecule has 3 rings (SSSR count). The number of likely N-dealkylation sites (tertiary alicyclic amines) is 1. The monoisotopic (exact) mass is 372 g/mol. The number of hydrogen-bond donors (Lipinski definition) is 2. The molecule has 4 nitrogen and oxygen atoms in total. The maximum absolute atomic E-state index is 12.6. The standard InChI is InChI=1S/C18H25ClN2O2.ClH/c1-17(2)11-21(16(22)14-7-8-15(14)20)10-9-18(17,23)12-3-5-13(19)6-4-12;/h3-6,14-15,23H,7-11,20H2,1-2H3;1H/t14?,15?,18-;/m0./s1. The van der Waals surface area contributed by atoms with Crippen LogP contribution < -0.4 is 5.73 Å². The first-order valence-electron chi connectivity index (χ1n) is 8.27. The maximum atomic E-state index is 12.6. The SMILES string of the molecule is CC1(C)CN(C(=O)C2CCC2N)CC[C@]1(O)c1ccc(Cl)cc1.Cl. The lowest BCUT2D eigenvalue weighted by Crippen LogP contribution is -2.59. The minimum atomic E-state index is -0.962. The number of halogens is 2. The van der Waals surface area contributed by atoms with Crippen molar-refractivity contribution < 1.29 is 9.90 Å². The van der Waals surface area contributed by atoms with Crippen molar-refractivity contribution in [2.75, 3.05) is 13.1 Å². The zero-order valence-electron chi connectivity index (χ0n) is 14.2. The first-order valence-corrected chi connectivity index (χ1v) is 8.65. The third-order valence-electron chi connectivity index (χ3n) is 5.73. The average molecular weight is 373 g/mol. The normalized spacial score (nSPS) is 31.8. The van der Waals surface area contributed by atoms with Crippen LogP contribution in [0.1, 0.15) is 38.7 Å². The van der Waals surface area contributed by atoms with Gasteiger partial charge in [-0.05, 0) is 37.0 Å². The van der Waals surface area contributed by atoms with Crippen LogP contribution in [0.4, 0.5) is 0 Å². The van der Waals surface area contributed by atoms with Crippen molar-refractivity contribution in [2.24, 2.45) is 17.1 Å². The Bertz CT molecular complexity index is 606. The number of amides is 1. The summed E-state index contributed by atoms with van der Waals surface area (Å²) in [4.78, 5) is 14.5. The van der Waals surface area contributed by atoms with E-state index >= 15 is 0 Å². The first kappa shape index (κ1) is 19.5. The Hall–Kier alpha value is -0.810. The van der Waals surface area contributed by atoms with Gasteiger partial charge in [0.05, 0.1) is 11.5 Å². The predicted molar refractivity (Wildman–Crippen MR) is 98.3 cm³/mol. The van der Waals surface area contributed by atoms with Gasteiger partial charge in [-0.3, -0.25) is 4.79 Å². The minimum Gasteiger partial charge on any atom is -0.384 e. The Labute approximate surface area is 154 Å². The number of rotatable bonds is 2. The summed E-state index contributed by atoms with van der Waals surface area (Å²) in [5.41, 5.74) is 5.40. The first-order chi connectivity index (χ1) is 10.7. The summed E-state index contributed by atoms with van der Waals surface area (Å²) >= 11 is 5.96. The smallest absolute Gasteiger partial charge is 0.227 e. The molecule has 1 heterocycles. The fourth-order valence-electron chi connectivity index (χ4n) is 3.84. The second-order valence-electron chi connectivity index (χ2n) is 7.61. The van der Waals surface area contributed by atoms with Crippen molar-refractivity contribution in [1.82, 2.24) is 4.90 Å². The van der Waals surface area contributed by atoms with Gasteiger partial charge in [0.1, 0.15) is 0 Å². The summed E-state index contributed by atoms with van der Waals surface area (Å²) in [7, 11) is 0. The zero-order chi connectivity index (χ0) is 16.8. The summed E-state index contributed by atoms with van der Waals surface area (Å²) in [5.74, 6) is 0.113. The van der Waals surface area contributed by atoms with Crippen LogP contribution in [-0.4, -0.2) is 35.0 Å². The lowest BCUT2D eigenvalue weighted by atomic mass is 9.66. The highest BCUT2D eigenvalue weighted by molar-refractivity contribution is 6.30. The van der Waals surface area contributed by atoms with Gasteiger partial charge in [0, 0.05) is 29.6 Å². The number of piperidine rings is 1. The van der Waals surface area contributed by atoms with Crippen molar-refractivity contribution >= 4 is 29.9 Å². The molecule has 1 aromatic rings. The molecule has 24 heavy (non-hydrogen) atoms. The van der Waals surface area contributed by atoms with Gasteiger partial charge >= 0.3 is 0 Å². The van der Waals surface area contributed by atoms with Crippen molar-refractivity contribution in [1.29, 1.82) is 0 Å². The zero-order valence-corrected chi connectivity index (χ0v) is 15.7. The van der Waals surface area contributed by atoms with Crippen LogP contribution in [-0.2, 0) is 10.4 Å². The third-order valence-corrected chi connectivity index (χ3v) is 5.98. The molecule has 1 aromatic carbocycles. The lowest BCUT2D eigenvalue weighted by Gasteiger charge is -2.51. The molecule has 1 aliphatic heterocycles. The molecule has 0 aromatic heterocycles. The van der Waals surface area contributed by atoms with E-state index in [0.29, 0.717) is 24.5 Å². The van der Waals surface area contributed by atoms with Gasteiger partial charge < -0.3 is 15.7 Å². The quantitative estimate of drug-likeness (QED) is 0.838. The van der Waals surface area contributed by atoms with Gasteiger partial charge in [-0.1, -0.05) is 37.6 Å². The molecule has 0 spiro atoms. The highest BCUT2D eigenvalue weighted by Crippen LogP contribution is 2.46. The topological polar surface area (TPSA) is 66.6 Å². The number of carbonyl (C=O) groups excluding carboxylic acids is 1. The highest BCUT2D eigenvalue weighted by Gasteiger charge is 2.50. The van der Waals surface area contributed by atoms with E-state index in [0.717, 1.165) is 18.4 Å². The maximum Gasteiger partial charge on any atom is 0.227 e. The van der Waals surface area contributed by atoms with Crippen LogP contribution in [0.2, 0.25) is 5.02 Å². The number of nitrogens with zero attached hydrogens (tertiary/aromatic N) is 1. The molecule has 134 valence electrons. The van der Waals surface area contributed by atoms with Crippen LogP contribution in [0.25, 0.3) is 0 Å². The predicted octanol–water partition coefficient (Wildman–Crippen LogP) is 2.95. The molecular formula is C18H26Cl2N2O2. The summed E-state index contributed by atoms with van der Waals surface area (Å²) in [6.45, 7) is 5.13. The molecule has 0 radical (unpaired) electrons. The fraction of sp³-hybridized carbons (Fsp3) is 0.611. The van der Waals surface area contributed by atoms with Crippen LogP contribution >= 0.6 is 24.0 Å². The van der Waals surface area contributed by atoms with E-state index < -0.39 is 11.0 Å². The van der Waals surface area contributed by atoms with Crippen molar-refractivity contribution in [3.63, 3.8) is 0 Å². The van der Waals surface area contributed by atoms with Crippen LogP contribution in [0.15, 0.2) is 24.3 Å². The molecule has 6 heteroatoms. The Morgan fingerprint density at radius 2 is 1.92 bits per heavy atom. The number of nitrogens with two attached hydrogens (primary N) is 1. The van der Waals surface area contributed by atoms with E-state index in [4.69, 9.17) is 17.3 Å². The van der Waals surface area contributed by atoms with Crippen molar-refractivity contribution in [3.8, 4) is 0 Å². The summed E-state index contributed by atoms with van der Waals surface area (Å²) in [5, 5.41) is 12.0. The van der Waals surface area contributed by atoms with E-state index in [-0.39, 0.29) is 30.3 Å². The molecule has 3 atom stereocenters. The van der Waals surface area contributed by atoms with Gasteiger partial charge in [0.25, 0.3) is 0 Å². The van der Waals surface area contributed by atoms with E-state index in [2.05, 4.69) is 0 Å². The Balaban J connectivity index is 0.00000208. The molecule has 1 saturated heterocycles. The Kier molecular flexibility index (Phi) is 5.55. The van der Waals surface area contributed by atoms with Crippen LogP contribution in [0.5, 0.6) is 0 Å². The molecule has 2 fully saturated rings. The van der Waals surface area contributed by atoms with E-state index in [1.54, 1.807) is 12.1 Å². The third kappa shape index (κ3) is 3.17. The molecule has 2 aliphatic rings. The second-order valence-corrected chi connectivity index (χ2v) is 8.04. The van der Waals surface area contributed by atoms with Gasteiger partial charge in [0.2, 0.25) is 5.91 Å². The molecule has 0 bridgehead atoms. The van der Waals surface area contributed by atoms with E-state index in [1.807, 2.05) is 30.9 Å². The fourth-order valence-corrected chi connectivity index (χ4v) is 3.96. The van der Waals surface area contributed by atoms with E-state index in [9.17, 15) is 9.90 Å². The molecule has 1 amide bonds. The molecule has 1 aliphatic carbocycles. The Morgan fingerprint density at radius 3 is 2.38 bits per heavy atom. The lowest BCUT2D eigenvalue weighted by molar-refractivity contribution is -0.159. The average Bonchev–Trinajstić information content (AvgIpc) is 2.49. The highest BCUT2D eigenvalue weighted by atomic mass is 35.5. The van der Waals surface area contributed by atoms with Gasteiger partial charge in [0.15, 0.2) is 0 Å². The van der Waals surface area contributed by atoms with Crippen LogP contribution in [0, 0.1) is 11.3 Å². The molecule has 2 unspecified atom stereocenters. The molecule has 3 N–H and O–H groups in total. The van der Waals surface area contributed by atoms with Crippen LogP contribution in [0.3, 0.4) is 0 Å². The number of benzene rings is 1. The number of carbonyl (C=O) groups is 1. The summed E-state index contributed by atoms with van der Waals surface area (Å²) in [6.07, 6.45) is 2.34. The summed E-state index contributed by atoms with van der Waals surface area (Å²) in [6, 6.07) is 7.36. The largest absolute Gasteiger partial charge is 0.384 e. The number of aliphatic hydroxyl groups is 1. The van der Waals surface area contributed by atoms with Gasteiger partial charge in [-0.2, -0.15) is 0 Å². The number of hydrogen-bond acceptors (Lipinski definition) is 3. The van der Waals surface area contributed by atoms with Crippen molar-refractivity contribution in [3.05, 3.63) is 34.9 Å². The Morgan fingerprint density at radius 1 is 1.29 bits per heavy atom. The molecule has 1 saturated carbocycles. The van der Waals surface area contributed by atoms with Gasteiger partial charge in [-0.25, -0.2) is 0 Å². The second kappa shape index (κ2) is 6.83. The minimum absolute atomic E-state index is 0. The van der Waals surface area contributed by atoms with E-state index in [1.165, 1.54) is 0 Å². The van der Waals surface area contributed by atoms with Crippen molar-refractivity contribution in [2.45, 2.75) is 44.8 Å². The summed E-state index contributed by atoms with van der Waals surface area (Å²) < 4.78 is 0. The van der Waals surface area contributed by atoms with Gasteiger partial charge in [-0.15, -0.1) is 12.4 Å². The molecular weight excluding hydrogens is 347 g/mol.